The molecule has 0 amide bonds. The summed E-state index contributed by atoms with van der Waals surface area (Å²) in [5.74, 6) is 0. The Morgan fingerprint density at radius 3 is 3.05 bits per heavy atom. The zero-order valence-corrected chi connectivity index (χ0v) is 12.4. The van der Waals surface area contributed by atoms with E-state index in [-0.39, 0.29) is 6.04 Å². The van der Waals surface area contributed by atoms with Gasteiger partial charge in [0.2, 0.25) is 0 Å². The van der Waals surface area contributed by atoms with E-state index in [1.165, 1.54) is 10.3 Å². The Morgan fingerprint density at radius 2 is 2.20 bits per heavy atom. The molecular weight excluding hydrogens is 266 g/mol. The molecule has 4 heteroatoms. The fourth-order valence-electron chi connectivity index (χ4n) is 2.17. The Bertz CT molecular complexity index is 720. The van der Waals surface area contributed by atoms with Crippen LogP contribution in [0.25, 0.3) is 10.2 Å². The summed E-state index contributed by atoms with van der Waals surface area (Å²) in [5, 5.41) is 5.58. The van der Waals surface area contributed by atoms with Gasteiger partial charge in [-0.15, -0.1) is 11.3 Å². The first-order valence-corrected chi connectivity index (χ1v) is 7.59. The fourth-order valence-corrected chi connectivity index (χ4v) is 2.96. The third-order valence-corrected chi connectivity index (χ3v) is 4.21. The molecule has 0 saturated carbocycles. The first-order valence-electron chi connectivity index (χ1n) is 6.71. The van der Waals surface area contributed by atoms with Crippen molar-refractivity contribution in [3.8, 4) is 0 Å². The summed E-state index contributed by atoms with van der Waals surface area (Å²) in [6.45, 7) is 4.94. The second-order valence-corrected chi connectivity index (χ2v) is 5.89. The van der Waals surface area contributed by atoms with Gasteiger partial charge in [-0.3, -0.25) is 9.97 Å². The number of thiophene rings is 1. The van der Waals surface area contributed by atoms with E-state index in [1.807, 2.05) is 31.3 Å². The van der Waals surface area contributed by atoms with Gasteiger partial charge >= 0.3 is 0 Å². The van der Waals surface area contributed by atoms with Crippen LogP contribution in [0.15, 0.2) is 41.9 Å². The van der Waals surface area contributed by atoms with E-state index >= 15 is 0 Å². The summed E-state index contributed by atoms with van der Waals surface area (Å²) in [5.41, 5.74) is 4.42. The minimum Gasteiger partial charge on any atom is -0.305 e. The molecule has 0 bridgehead atoms. The number of hydrogen-bond acceptors (Lipinski definition) is 4. The van der Waals surface area contributed by atoms with Gasteiger partial charge in [-0.1, -0.05) is 6.07 Å². The number of aryl methyl sites for hydroxylation is 1. The van der Waals surface area contributed by atoms with Crippen LogP contribution in [0.1, 0.15) is 29.9 Å². The highest BCUT2D eigenvalue weighted by atomic mass is 32.1. The monoisotopic (exact) mass is 283 g/mol. The molecule has 0 saturated heterocycles. The summed E-state index contributed by atoms with van der Waals surface area (Å²) < 4.78 is 1.24. The molecule has 1 N–H and O–H groups in total. The summed E-state index contributed by atoms with van der Waals surface area (Å²) in [6.07, 6.45) is 1.95. The van der Waals surface area contributed by atoms with E-state index in [1.54, 1.807) is 11.3 Å². The van der Waals surface area contributed by atoms with E-state index in [0.717, 1.165) is 23.4 Å². The first-order chi connectivity index (χ1) is 9.72. The predicted octanol–water partition coefficient (Wildman–Crippen LogP) is 3.85. The average Bonchev–Trinajstić information content (AvgIpc) is 2.92. The highest BCUT2D eigenvalue weighted by Crippen LogP contribution is 2.22. The maximum atomic E-state index is 4.50. The maximum absolute atomic E-state index is 4.50. The van der Waals surface area contributed by atoms with Crippen LogP contribution >= 0.6 is 11.3 Å². The average molecular weight is 283 g/mol. The van der Waals surface area contributed by atoms with Gasteiger partial charge in [0.1, 0.15) is 0 Å². The predicted molar refractivity (Wildman–Crippen MR) is 83.8 cm³/mol. The van der Waals surface area contributed by atoms with E-state index in [0.29, 0.717) is 0 Å². The lowest BCUT2D eigenvalue weighted by Crippen LogP contribution is -2.19. The van der Waals surface area contributed by atoms with Crippen LogP contribution in [0.2, 0.25) is 0 Å². The lowest BCUT2D eigenvalue weighted by Gasteiger charge is -2.14. The molecule has 0 aliphatic heterocycles. The normalized spacial score (nSPS) is 12.7. The number of aromatic nitrogens is 2. The lowest BCUT2D eigenvalue weighted by atomic mass is 10.1. The second kappa shape index (κ2) is 5.69. The molecule has 0 fully saturated rings. The molecule has 0 aliphatic carbocycles. The van der Waals surface area contributed by atoms with Crippen LogP contribution in [0.3, 0.4) is 0 Å². The zero-order valence-electron chi connectivity index (χ0n) is 11.6. The standard InChI is InChI=1S/C16H17N3S/c1-11-4-3-5-14(19-11)10-17-12(2)13-8-16-15(18-9-13)6-7-20-16/h3-9,12,17H,10H2,1-2H3. The van der Waals surface area contributed by atoms with Gasteiger partial charge in [0, 0.05) is 24.5 Å². The summed E-state index contributed by atoms with van der Waals surface area (Å²) in [4.78, 5) is 8.99. The van der Waals surface area contributed by atoms with Gasteiger partial charge < -0.3 is 5.32 Å². The van der Waals surface area contributed by atoms with Crippen LogP contribution < -0.4 is 5.32 Å². The summed E-state index contributed by atoms with van der Waals surface area (Å²) >= 11 is 1.73. The second-order valence-electron chi connectivity index (χ2n) is 4.95. The van der Waals surface area contributed by atoms with Gasteiger partial charge in [-0.25, -0.2) is 0 Å². The number of fused-ring (bicyclic) bond motifs is 1. The Kier molecular flexibility index (Phi) is 3.76. The van der Waals surface area contributed by atoms with E-state index in [2.05, 4.69) is 39.7 Å². The Labute approximate surface area is 122 Å². The number of nitrogens with zero attached hydrogens (tertiary/aromatic N) is 2. The molecule has 0 aliphatic rings. The minimum atomic E-state index is 0.260. The van der Waals surface area contributed by atoms with Crippen LogP contribution in [0, 0.1) is 6.92 Å². The minimum absolute atomic E-state index is 0.260. The smallest absolute Gasteiger partial charge is 0.0809 e. The molecule has 3 aromatic heterocycles. The Hall–Kier alpha value is -1.78. The molecule has 3 heterocycles. The van der Waals surface area contributed by atoms with Crippen LogP contribution in [0.5, 0.6) is 0 Å². The number of rotatable bonds is 4. The van der Waals surface area contributed by atoms with E-state index < -0.39 is 0 Å². The molecule has 0 radical (unpaired) electrons. The fraction of sp³-hybridized carbons (Fsp3) is 0.250. The van der Waals surface area contributed by atoms with Gasteiger partial charge in [0.05, 0.1) is 15.9 Å². The zero-order chi connectivity index (χ0) is 13.9. The molecule has 3 rings (SSSR count). The van der Waals surface area contributed by atoms with E-state index in [9.17, 15) is 0 Å². The molecule has 20 heavy (non-hydrogen) atoms. The number of nitrogens with one attached hydrogen (secondary N) is 1. The van der Waals surface area contributed by atoms with Crippen molar-refractivity contribution in [3.05, 3.63) is 58.9 Å². The van der Waals surface area contributed by atoms with Crippen molar-refractivity contribution in [3.63, 3.8) is 0 Å². The molecule has 3 aromatic rings. The van der Waals surface area contributed by atoms with Gasteiger partial charge in [-0.05, 0) is 49.1 Å². The molecular formula is C16H17N3S. The van der Waals surface area contributed by atoms with Gasteiger partial charge in [0.15, 0.2) is 0 Å². The molecule has 3 nitrogen and oxygen atoms in total. The third-order valence-electron chi connectivity index (χ3n) is 3.36. The quantitative estimate of drug-likeness (QED) is 0.790. The van der Waals surface area contributed by atoms with Crippen molar-refractivity contribution in [1.29, 1.82) is 0 Å². The van der Waals surface area contributed by atoms with Crippen molar-refractivity contribution >= 4 is 21.6 Å². The van der Waals surface area contributed by atoms with Crippen LogP contribution in [0.4, 0.5) is 0 Å². The SMILES string of the molecule is Cc1cccc(CNC(C)c2cnc3ccsc3c2)n1. The van der Waals surface area contributed by atoms with Gasteiger partial charge in [-0.2, -0.15) is 0 Å². The van der Waals surface area contributed by atoms with Crippen LogP contribution in [-0.4, -0.2) is 9.97 Å². The molecule has 0 aromatic carbocycles. The van der Waals surface area contributed by atoms with E-state index in [4.69, 9.17) is 0 Å². The number of hydrogen-bond donors (Lipinski definition) is 1. The molecule has 1 atom stereocenters. The third kappa shape index (κ3) is 2.86. The molecule has 1 unspecified atom stereocenters. The summed E-state index contributed by atoms with van der Waals surface area (Å²) in [6, 6.07) is 10.6. The van der Waals surface area contributed by atoms with Crippen molar-refractivity contribution < 1.29 is 0 Å². The Morgan fingerprint density at radius 1 is 1.30 bits per heavy atom. The van der Waals surface area contributed by atoms with Crippen LogP contribution in [-0.2, 0) is 6.54 Å². The van der Waals surface area contributed by atoms with Gasteiger partial charge in [0.25, 0.3) is 0 Å². The summed E-state index contributed by atoms with van der Waals surface area (Å²) in [7, 11) is 0. The van der Waals surface area contributed by atoms with Crippen molar-refractivity contribution in [1.82, 2.24) is 15.3 Å². The number of pyridine rings is 2. The Balaban J connectivity index is 1.70. The lowest BCUT2D eigenvalue weighted by molar-refractivity contribution is 0.566. The van der Waals surface area contributed by atoms with Crippen molar-refractivity contribution in [2.45, 2.75) is 26.4 Å². The topological polar surface area (TPSA) is 37.8 Å². The maximum Gasteiger partial charge on any atom is 0.0809 e. The highest BCUT2D eigenvalue weighted by molar-refractivity contribution is 7.17. The largest absolute Gasteiger partial charge is 0.305 e. The first kappa shape index (κ1) is 13.2. The van der Waals surface area contributed by atoms with Crippen molar-refractivity contribution in [2.24, 2.45) is 0 Å². The van der Waals surface area contributed by atoms with Crippen molar-refractivity contribution in [2.75, 3.05) is 0 Å². The highest BCUT2D eigenvalue weighted by Gasteiger charge is 2.07. The molecule has 102 valence electrons. The molecule has 0 spiro atoms.